The molecule has 2 aromatic rings. The molecule has 1 unspecified atom stereocenters. The van der Waals surface area contributed by atoms with Gasteiger partial charge in [-0.3, -0.25) is 24.6 Å². The van der Waals surface area contributed by atoms with Crippen molar-refractivity contribution in [1.82, 2.24) is 19.4 Å². The molecule has 210 valence electrons. The van der Waals surface area contributed by atoms with Crippen molar-refractivity contribution in [2.24, 2.45) is 0 Å². The molecule has 0 bridgehead atoms. The Morgan fingerprint density at radius 1 is 1.02 bits per heavy atom. The number of carbonyl (C=O) groups is 3. The van der Waals surface area contributed by atoms with Crippen molar-refractivity contribution in [3.8, 4) is 5.75 Å². The van der Waals surface area contributed by atoms with Crippen LogP contribution in [0, 0.1) is 0 Å². The molecule has 2 aromatic carbocycles. The van der Waals surface area contributed by atoms with Crippen LogP contribution in [0.2, 0.25) is 0 Å². The summed E-state index contributed by atoms with van der Waals surface area (Å²) in [5.74, 6) is 0.000104. The van der Waals surface area contributed by atoms with E-state index in [0.29, 0.717) is 25.1 Å². The Morgan fingerprint density at radius 3 is 2.65 bits per heavy atom. The van der Waals surface area contributed by atoms with Crippen LogP contribution in [0.25, 0.3) is 0 Å². The van der Waals surface area contributed by atoms with E-state index < -0.39 is 6.04 Å². The third-order valence-corrected chi connectivity index (χ3v) is 10.1. The van der Waals surface area contributed by atoms with Gasteiger partial charge in [0.1, 0.15) is 11.8 Å². The van der Waals surface area contributed by atoms with E-state index in [1.807, 2.05) is 18.0 Å². The number of nitrogens with zero attached hydrogens (tertiary/aromatic N) is 3. The lowest BCUT2D eigenvalue weighted by Crippen LogP contribution is -2.52. The highest BCUT2D eigenvalue weighted by atomic mass is 32.2. The number of morpholine rings is 1. The first kappa shape index (κ1) is 26.0. The molecule has 7 rings (SSSR count). The molecule has 1 spiro atoms. The Kier molecular flexibility index (Phi) is 6.82. The monoisotopic (exact) mass is 562 g/mol. The fourth-order valence-electron chi connectivity index (χ4n) is 6.72. The number of ether oxygens (including phenoxy) is 2. The lowest BCUT2D eigenvalue weighted by atomic mass is 9.74. The summed E-state index contributed by atoms with van der Waals surface area (Å²) in [5.41, 5.74) is 4.07. The third-order valence-electron chi connectivity index (χ3n) is 9.02. The first-order chi connectivity index (χ1) is 19.5. The lowest BCUT2D eigenvalue weighted by Gasteiger charge is -2.38. The normalized spacial score (nSPS) is 24.6. The van der Waals surface area contributed by atoms with Gasteiger partial charge in [-0.15, -0.1) is 0 Å². The van der Waals surface area contributed by atoms with Crippen LogP contribution >= 0.6 is 11.9 Å². The molecule has 0 radical (unpaired) electrons. The van der Waals surface area contributed by atoms with Gasteiger partial charge in [0.2, 0.25) is 11.8 Å². The van der Waals surface area contributed by atoms with Crippen LogP contribution in [-0.2, 0) is 32.8 Å². The maximum atomic E-state index is 13.2. The van der Waals surface area contributed by atoms with E-state index in [4.69, 9.17) is 9.47 Å². The fraction of sp³-hybridized carbons (Fsp3) is 0.500. The lowest BCUT2D eigenvalue weighted by molar-refractivity contribution is -0.136. The molecule has 5 aliphatic heterocycles. The maximum absolute atomic E-state index is 13.2. The molecule has 10 heteroatoms. The van der Waals surface area contributed by atoms with Crippen molar-refractivity contribution < 1.29 is 23.9 Å². The molecular formula is C30H34N4O5S. The third kappa shape index (κ3) is 4.81. The number of likely N-dealkylation sites (tertiary alicyclic amines) is 1. The van der Waals surface area contributed by atoms with E-state index in [-0.39, 0.29) is 29.6 Å². The smallest absolute Gasteiger partial charge is 0.255 e. The predicted molar refractivity (Wildman–Crippen MR) is 149 cm³/mol. The molecule has 0 saturated carbocycles. The molecule has 0 aromatic heterocycles. The summed E-state index contributed by atoms with van der Waals surface area (Å²) in [6, 6.07) is 12.3. The highest BCUT2D eigenvalue weighted by Gasteiger charge is 2.46. The summed E-state index contributed by atoms with van der Waals surface area (Å²) in [4.78, 5) is 42.7. The molecule has 3 amide bonds. The van der Waals surface area contributed by atoms with Gasteiger partial charge in [-0.05, 0) is 79.7 Å². The molecule has 40 heavy (non-hydrogen) atoms. The second-order valence-electron chi connectivity index (χ2n) is 11.5. The Hall–Kier alpha value is -2.92. The van der Waals surface area contributed by atoms with Crippen molar-refractivity contribution >= 4 is 29.7 Å². The zero-order valence-electron chi connectivity index (χ0n) is 22.5. The molecule has 5 aliphatic rings. The van der Waals surface area contributed by atoms with Crippen LogP contribution in [0.1, 0.15) is 52.7 Å². The predicted octanol–water partition coefficient (Wildman–Crippen LogP) is 2.71. The molecule has 1 N–H and O–H groups in total. The van der Waals surface area contributed by atoms with Crippen LogP contribution in [0.3, 0.4) is 0 Å². The number of benzene rings is 2. The quantitative estimate of drug-likeness (QED) is 0.440. The van der Waals surface area contributed by atoms with Gasteiger partial charge in [0, 0.05) is 54.0 Å². The molecule has 0 aliphatic carbocycles. The van der Waals surface area contributed by atoms with Crippen molar-refractivity contribution in [2.45, 2.75) is 55.1 Å². The summed E-state index contributed by atoms with van der Waals surface area (Å²) in [6.07, 6.45) is 2.64. The van der Waals surface area contributed by atoms with Gasteiger partial charge in [-0.1, -0.05) is 12.1 Å². The zero-order chi connectivity index (χ0) is 27.3. The molecule has 1 atom stereocenters. The molecule has 3 fully saturated rings. The second kappa shape index (κ2) is 10.5. The summed E-state index contributed by atoms with van der Waals surface area (Å²) in [6.45, 7) is 7.46. The first-order valence-corrected chi connectivity index (χ1v) is 15.0. The van der Waals surface area contributed by atoms with E-state index >= 15 is 0 Å². The highest BCUT2D eigenvalue weighted by molar-refractivity contribution is 7.97. The van der Waals surface area contributed by atoms with Crippen molar-refractivity contribution in [1.29, 1.82) is 0 Å². The Labute approximate surface area is 238 Å². The van der Waals surface area contributed by atoms with Gasteiger partial charge in [-0.2, -0.15) is 0 Å². The number of carbonyl (C=O) groups excluding carboxylic acids is 3. The highest BCUT2D eigenvalue weighted by Crippen LogP contribution is 2.48. The number of hydrogen-bond acceptors (Lipinski definition) is 8. The molecular weight excluding hydrogens is 528 g/mol. The van der Waals surface area contributed by atoms with Crippen LogP contribution in [0.5, 0.6) is 5.75 Å². The number of fused-ring (bicyclic) bond motifs is 3. The van der Waals surface area contributed by atoms with E-state index in [9.17, 15) is 14.4 Å². The average molecular weight is 563 g/mol. The second-order valence-corrected chi connectivity index (χ2v) is 12.7. The summed E-state index contributed by atoms with van der Waals surface area (Å²) in [7, 11) is 0. The van der Waals surface area contributed by atoms with Crippen LogP contribution in [-0.4, -0.2) is 83.9 Å². The first-order valence-electron chi connectivity index (χ1n) is 14.2. The number of amides is 3. The van der Waals surface area contributed by atoms with Gasteiger partial charge < -0.3 is 14.4 Å². The topological polar surface area (TPSA) is 91.4 Å². The molecule has 3 saturated heterocycles. The summed E-state index contributed by atoms with van der Waals surface area (Å²) < 4.78 is 14.0. The number of nitrogens with one attached hydrogen (secondary N) is 1. The van der Waals surface area contributed by atoms with Gasteiger partial charge in [0.25, 0.3) is 5.91 Å². The number of rotatable bonds is 5. The minimum atomic E-state index is -0.601. The summed E-state index contributed by atoms with van der Waals surface area (Å²) >= 11 is 1.82. The van der Waals surface area contributed by atoms with E-state index in [1.54, 1.807) is 4.90 Å². The van der Waals surface area contributed by atoms with E-state index in [0.717, 1.165) is 70.1 Å². The van der Waals surface area contributed by atoms with Crippen molar-refractivity contribution in [3.63, 3.8) is 0 Å². The number of imide groups is 1. The Bertz CT molecular complexity index is 1350. The standard InChI is InChI=1S/C30H34N4O5S/c35-27-5-4-25(28(36)31-27)34-18-21-15-24-26(16-23(21)29(34)37)39-19-30(24)6-8-32(9-7-30)17-20-2-1-3-22(14-20)40-33-10-12-38-13-11-33/h1-3,14-16,25H,4-13,17-19H2,(H,31,35,36). The average Bonchev–Trinajstić information content (AvgIpc) is 3.46. The Balaban J connectivity index is 1.01. The van der Waals surface area contributed by atoms with Gasteiger partial charge >= 0.3 is 0 Å². The fourth-order valence-corrected chi connectivity index (χ4v) is 7.70. The van der Waals surface area contributed by atoms with Crippen LogP contribution in [0.4, 0.5) is 0 Å². The number of piperidine rings is 2. The van der Waals surface area contributed by atoms with Gasteiger partial charge in [0.15, 0.2) is 0 Å². The Morgan fingerprint density at radius 2 is 1.85 bits per heavy atom. The number of hydrogen-bond donors (Lipinski definition) is 1. The van der Waals surface area contributed by atoms with Crippen LogP contribution in [0.15, 0.2) is 41.3 Å². The van der Waals surface area contributed by atoms with Crippen molar-refractivity contribution in [3.05, 3.63) is 58.7 Å². The van der Waals surface area contributed by atoms with Crippen LogP contribution < -0.4 is 10.1 Å². The minimum Gasteiger partial charge on any atom is -0.492 e. The largest absolute Gasteiger partial charge is 0.492 e. The maximum Gasteiger partial charge on any atom is 0.255 e. The summed E-state index contributed by atoms with van der Waals surface area (Å²) in [5, 5.41) is 2.38. The molecule has 5 heterocycles. The molecule has 9 nitrogen and oxygen atoms in total. The minimum absolute atomic E-state index is 0.0417. The van der Waals surface area contributed by atoms with Gasteiger partial charge in [0.05, 0.1) is 19.8 Å². The van der Waals surface area contributed by atoms with Gasteiger partial charge in [-0.25, -0.2) is 4.31 Å². The van der Waals surface area contributed by atoms with Crippen molar-refractivity contribution in [2.75, 3.05) is 46.0 Å². The SMILES string of the molecule is O=C1CCC(N2Cc3cc4c(cc3C2=O)OCC42CCN(Cc3cccc(SN4CCOCC4)c3)CC2)C(=O)N1. The van der Waals surface area contributed by atoms with E-state index in [2.05, 4.69) is 44.9 Å². The van der Waals surface area contributed by atoms with E-state index in [1.165, 1.54) is 16.0 Å². The zero-order valence-corrected chi connectivity index (χ0v) is 23.3.